The minimum Gasteiger partial charge on any atom is -0.360 e. The molecule has 0 aromatic carbocycles. The number of rotatable bonds is 7. The summed E-state index contributed by atoms with van der Waals surface area (Å²) in [7, 11) is -3.86. The third-order valence-corrected chi connectivity index (χ3v) is 5.49. The first-order chi connectivity index (χ1) is 10.2. The third-order valence-electron chi connectivity index (χ3n) is 3.70. The van der Waals surface area contributed by atoms with Gasteiger partial charge in [-0.05, 0) is 39.5 Å². The van der Waals surface area contributed by atoms with Gasteiger partial charge >= 0.3 is 0 Å². The van der Waals surface area contributed by atoms with E-state index < -0.39 is 22.0 Å². The molecule has 1 aliphatic rings. The lowest BCUT2D eigenvalue weighted by molar-refractivity contribution is -0.122. The average molecular weight is 367 g/mol. The number of carbonyl (C=O) groups excluding carboxylic acids is 1. The van der Waals surface area contributed by atoms with E-state index in [4.69, 9.17) is 10.3 Å². The van der Waals surface area contributed by atoms with Crippen LogP contribution in [0.3, 0.4) is 0 Å². The Morgan fingerprint density at radius 3 is 2.52 bits per heavy atom. The first kappa shape index (κ1) is 19.9. The number of nitrogens with one attached hydrogen (secondary N) is 2. The second-order valence-electron chi connectivity index (χ2n) is 5.74. The van der Waals surface area contributed by atoms with Gasteiger partial charge in [0.25, 0.3) is 0 Å². The van der Waals surface area contributed by atoms with Crippen molar-refractivity contribution in [3.63, 3.8) is 0 Å². The van der Waals surface area contributed by atoms with Gasteiger partial charge in [-0.2, -0.15) is 4.72 Å². The lowest BCUT2D eigenvalue weighted by Gasteiger charge is -2.16. The van der Waals surface area contributed by atoms with Crippen molar-refractivity contribution in [2.75, 3.05) is 6.54 Å². The van der Waals surface area contributed by atoms with E-state index in [1.807, 2.05) is 0 Å². The van der Waals surface area contributed by atoms with Gasteiger partial charge in [0.15, 0.2) is 5.76 Å². The van der Waals surface area contributed by atoms with E-state index in [9.17, 15) is 13.2 Å². The Hall–Kier alpha value is -1.16. The van der Waals surface area contributed by atoms with Crippen LogP contribution in [0.4, 0.5) is 0 Å². The second-order valence-corrected chi connectivity index (χ2v) is 7.39. The van der Waals surface area contributed by atoms with Gasteiger partial charge in [-0.15, -0.1) is 12.4 Å². The van der Waals surface area contributed by atoms with E-state index in [0.717, 1.165) is 12.8 Å². The molecule has 23 heavy (non-hydrogen) atoms. The smallest absolute Gasteiger partial charge is 0.246 e. The molecule has 0 aliphatic heterocycles. The Bertz CT molecular complexity index is 637. The van der Waals surface area contributed by atoms with Crippen LogP contribution in [0.2, 0.25) is 0 Å². The van der Waals surface area contributed by atoms with Gasteiger partial charge in [-0.3, -0.25) is 4.79 Å². The zero-order valence-electron chi connectivity index (χ0n) is 13.3. The van der Waals surface area contributed by atoms with Crippen molar-refractivity contribution in [2.45, 2.75) is 50.6 Å². The molecule has 1 aromatic heterocycles. The Kier molecular flexibility index (Phi) is 6.58. The van der Waals surface area contributed by atoms with Crippen LogP contribution in [0.5, 0.6) is 0 Å². The predicted molar refractivity (Wildman–Crippen MR) is 86.7 cm³/mol. The molecule has 1 saturated carbocycles. The fraction of sp³-hybridized carbons (Fsp3) is 0.692. The molecule has 1 aromatic rings. The molecule has 1 aliphatic carbocycles. The zero-order chi connectivity index (χ0) is 16.5. The Labute approximate surface area is 142 Å². The van der Waals surface area contributed by atoms with Crippen molar-refractivity contribution in [1.29, 1.82) is 0 Å². The molecule has 2 atom stereocenters. The maximum Gasteiger partial charge on any atom is 0.246 e. The normalized spacial score (nSPS) is 17.2. The minimum absolute atomic E-state index is 0. The van der Waals surface area contributed by atoms with E-state index in [1.54, 1.807) is 0 Å². The molecule has 8 nitrogen and oxygen atoms in total. The van der Waals surface area contributed by atoms with Gasteiger partial charge in [0.1, 0.15) is 10.6 Å². The molecule has 4 N–H and O–H groups in total. The lowest BCUT2D eigenvalue weighted by atomic mass is 10.2. The van der Waals surface area contributed by atoms with Crippen LogP contribution >= 0.6 is 12.4 Å². The second kappa shape index (κ2) is 7.61. The molecule has 0 spiro atoms. The molecule has 0 radical (unpaired) electrons. The number of aryl methyl sites for hydroxylation is 2. The van der Waals surface area contributed by atoms with Crippen LogP contribution in [0.25, 0.3) is 0 Å². The monoisotopic (exact) mass is 366 g/mol. The van der Waals surface area contributed by atoms with Gasteiger partial charge in [-0.1, -0.05) is 5.16 Å². The van der Waals surface area contributed by atoms with Crippen LogP contribution in [0.1, 0.15) is 31.2 Å². The first-order valence-corrected chi connectivity index (χ1v) is 8.69. The maximum absolute atomic E-state index is 12.3. The Morgan fingerprint density at radius 2 is 2.04 bits per heavy atom. The SMILES string of the molecule is Cc1noc(C)c1S(=O)(=O)NC(C)C(=O)NCC(N)C1CC1.Cl. The van der Waals surface area contributed by atoms with E-state index in [0.29, 0.717) is 12.5 Å². The minimum atomic E-state index is -3.86. The Morgan fingerprint density at radius 1 is 1.43 bits per heavy atom. The fourth-order valence-electron chi connectivity index (χ4n) is 2.27. The predicted octanol–water partition coefficient (Wildman–Crippen LogP) is 0.234. The number of carbonyl (C=O) groups is 1. The number of hydrogen-bond acceptors (Lipinski definition) is 6. The van der Waals surface area contributed by atoms with Crippen LogP contribution in [0, 0.1) is 19.8 Å². The average Bonchev–Trinajstić information content (AvgIpc) is 3.21. The molecular formula is C13H23ClN4O4S. The summed E-state index contributed by atoms with van der Waals surface area (Å²) in [6.45, 7) is 4.87. The molecule has 0 saturated heterocycles. The van der Waals surface area contributed by atoms with Crippen molar-refractivity contribution in [2.24, 2.45) is 11.7 Å². The van der Waals surface area contributed by atoms with Crippen LogP contribution < -0.4 is 15.8 Å². The van der Waals surface area contributed by atoms with Crippen molar-refractivity contribution >= 4 is 28.3 Å². The topological polar surface area (TPSA) is 127 Å². The summed E-state index contributed by atoms with van der Waals surface area (Å²) in [6, 6.07) is -0.986. The van der Waals surface area contributed by atoms with E-state index in [-0.39, 0.29) is 34.8 Å². The molecule has 2 rings (SSSR count). The van der Waals surface area contributed by atoms with Crippen LogP contribution in [0.15, 0.2) is 9.42 Å². The summed E-state index contributed by atoms with van der Waals surface area (Å²) in [6.07, 6.45) is 2.18. The van der Waals surface area contributed by atoms with Crippen molar-refractivity contribution in [1.82, 2.24) is 15.2 Å². The van der Waals surface area contributed by atoms with Crippen molar-refractivity contribution < 1.29 is 17.7 Å². The fourth-order valence-corrected chi connectivity index (χ4v) is 3.80. The van der Waals surface area contributed by atoms with E-state index >= 15 is 0 Å². The Balaban J connectivity index is 0.00000264. The van der Waals surface area contributed by atoms with E-state index in [2.05, 4.69) is 15.2 Å². The summed E-state index contributed by atoms with van der Waals surface area (Å²) in [4.78, 5) is 11.9. The van der Waals surface area contributed by atoms with Gasteiger partial charge < -0.3 is 15.6 Å². The first-order valence-electron chi connectivity index (χ1n) is 7.21. The number of amides is 1. The van der Waals surface area contributed by atoms with Crippen molar-refractivity contribution in [3.8, 4) is 0 Å². The van der Waals surface area contributed by atoms with Crippen LogP contribution in [-0.2, 0) is 14.8 Å². The highest BCUT2D eigenvalue weighted by molar-refractivity contribution is 7.89. The number of nitrogens with zero attached hydrogens (tertiary/aromatic N) is 1. The molecule has 1 amide bonds. The number of nitrogens with two attached hydrogens (primary N) is 1. The summed E-state index contributed by atoms with van der Waals surface area (Å²) in [5.41, 5.74) is 6.16. The number of halogens is 1. The van der Waals surface area contributed by atoms with Gasteiger partial charge in [0.2, 0.25) is 15.9 Å². The largest absolute Gasteiger partial charge is 0.360 e. The number of hydrogen-bond donors (Lipinski definition) is 3. The molecule has 0 bridgehead atoms. The van der Waals surface area contributed by atoms with Crippen LogP contribution in [-0.4, -0.2) is 38.1 Å². The maximum atomic E-state index is 12.3. The molecule has 1 heterocycles. The number of aromatic nitrogens is 1. The summed E-state index contributed by atoms with van der Waals surface area (Å²) in [5.74, 6) is 0.245. The van der Waals surface area contributed by atoms with Gasteiger partial charge in [-0.25, -0.2) is 8.42 Å². The molecule has 132 valence electrons. The van der Waals surface area contributed by atoms with Crippen molar-refractivity contribution in [3.05, 3.63) is 11.5 Å². The highest BCUT2D eigenvalue weighted by Crippen LogP contribution is 2.31. The van der Waals surface area contributed by atoms with Gasteiger partial charge in [0.05, 0.1) is 6.04 Å². The summed E-state index contributed by atoms with van der Waals surface area (Å²) < 4.78 is 31.8. The van der Waals surface area contributed by atoms with E-state index in [1.165, 1.54) is 20.8 Å². The summed E-state index contributed by atoms with van der Waals surface area (Å²) >= 11 is 0. The van der Waals surface area contributed by atoms with Gasteiger partial charge in [0, 0.05) is 12.6 Å². The number of sulfonamides is 1. The lowest BCUT2D eigenvalue weighted by Crippen LogP contribution is -2.48. The zero-order valence-corrected chi connectivity index (χ0v) is 15.0. The quantitative estimate of drug-likeness (QED) is 0.634. The molecule has 2 unspecified atom stereocenters. The molecule has 1 fully saturated rings. The highest BCUT2D eigenvalue weighted by atomic mass is 35.5. The molecule has 10 heteroatoms. The highest BCUT2D eigenvalue weighted by Gasteiger charge is 2.30. The summed E-state index contributed by atoms with van der Waals surface area (Å²) in [5, 5.41) is 6.28. The molecular weight excluding hydrogens is 344 g/mol. The third kappa shape index (κ3) is 4.90. The standard InChI is InChI=1S/C13H22N4O4S.ClH/c1-7-12(9(3)21-16-7)22(19,20)17-8(2)13(18)15-6-11(14)10-4-5-10;/h8,10-11,17H,4-6,14H2,1-3H3,(H,15,18);1H.